The van der Waals surface area contributed by atoms with Crippen LogP contribution in [0.4, 0.5) is 5.69 Å². The predicted octanol–water partition coefficient (Wildman–Crippen LogP) is 4.68. The monoisotopic (exact) mass is 324 g/mol. The smallest absolute Gasteiger partial charge is 0.137 e. The largest absolute Gasteiger partial charge is 0.456 e. The maximum atomic E-state index is 9.19. The molecule has 3 aromatic carbocycles. The van der Waals surface area contributed by atoms with Crippen LogP contribution in [0.2, 0.25) is 0 Å². The van der Waals surface area contributed by atoms with Gasteiger partial charge in [-0.15, -0.1) is 0 Å². The van der Waals surface area contributed by atoms with Crippen molar-refractivity contribution >= 4 is 38.7 Å². The number of anilines is 1. The van der Waals surface area contributed by atoms with E-state index in [0.29, 0.717) is 11.1 Å². The molecule has 5 nitrogen and oxygen atoms in total. The van der Waals surface area contributed by atoms with Gasteiger partial charge >= 0.3 is 0 Å². The number of furan rings is 1. The summed E-state index contributed by atoms with van der Waals surface area (Å²) in [4.78, 5) is 4.34. The number of nitrogens with zero attached hydrogens (tertiary/aromatic N) is 3. The molecule has 0 radical (unpaired) electrons. The zero-order valence-electron chi connectivity index (χ0n) is 13.1. The number of benzene rings is 3. The fourth-order valence-corrected chi connectivity index (χ4v) is 3.15. The molecular formula is C20H12N4O. The summed E-state index contributed by atoms with van der Waals surface area (Å²) in [5.74, 6) is 0. The maximum absolute atomic E-state index is 9.19. The molecule has 0 fully saturated rings. The first-order chi connectivity index (χ1) is 12.3. The van der Waals surface area contributed by atoms with Crippen LogP contribution >= 0.6 is 0 Å². The molecule has 0 unspecified atom stereocenters. The first-order valence-corrected chi connectivity index (χ1v) is 7.88. The predicted molar refractivity (Wildman–Crippen MR) is 97.2 cm³/mol. The fraction of sp³-hybridized carbons (Fsp3) is 0. The van der Waals surface area contributed by atoms with E-state index in [4.69, 9.17) is 4.42 Å². The number of imidazole rings is 1. The third-order valence-corrected chi connectivity index (χ3v) is 4.33. The van der Waals surface area contributed by atoms with Crippen molar-refractivity contribution in [2.45, 2.75) is 0 Å². The molecule has 0 aliphatic heterocycles. The van der Waals surface area contributed by atoms with E-state index in [1.165, 1.54) is 0 Å². The fourth-order valence-electron chi connectivity index (χ4n) is 3.15. The first kappa shape index (κ1) is 13.6. The molecule has 5 heteroatoms. The Balaban J connectivity index is 1.60. The van der Waals surface area contributed by atoms with E-state index in [0.717, 1.165) is 33.1 Å². The van der Waals surface area contributed by atoms with Crippen molar-refractivity contribution < 1.29 is 4.42 Å². The van der Waals surface area contributed by atoms with Gasteiger partial charge in [-0.05, 0) is 30.3 Å². The van der Waals surface area contributed by atoms with Crippen LogP contribution in [0.25, 0.3) is 33.0 Å². The number of rotatable bonds is 2. The lowest BCUT2D eigenvalue weighted by molar-refractivity contribution is 0.669. The molecule has 0 bridgehead atoms. The summed E-state index contributed by atoms with van der Waals surface area (Å²) in [6.07, 6.45) is 1.67. The summed E-state index contributed by atoms with van der Waals surface area (Å²) in [6.45, 7) is 0. The quantitative estimate of drug-likeness (QED) is 0.512. The summed E-state index contributed by atoms with van der Waals surface area (Å²) < 4.78 is 7.73. The Kier molecular flexibility index (Phi) is 2.79. The lowest BCUT2D eigenvalue weighted by Crippen LogP contribution is -2.06. The Morgan fingerprint density at radius 2 is 1.84 bits per heavy atom. The molecule has 0 saturated carbocycles. The zero-order valence-corrected chi connectivity index (χ0v) is 13.1. The van der Waals surface area contributed by atoms with Gasteiger partial charge in [-0.25, -0.2) is 9.66 Å². The summed E-state index contributed by atoms with van der Waals surface area (Å²) in [5.41, 5.74) is 7.98. The maximum Gasteiger partial charge on any atom is 0.137 e. The number of aromatic nitrogens is 2. The van der Waals surface area contributed by atoms with Gasteiger partial charge in [0.2, 0.25) is 0 Å². The van der Waals surface area contributed by atoms with Gasteiger partial charge in [-0.3, -0.25) is 5.43 Å². The Bertz CT molecular complexity index is 1290. The van der Waals surface area contributed by atoms with Crippen LogP contribution in [0.5, 0.6) is 0 Å². The minimum Gasteiger partial charge on any atom is -0.456 e. The number of hydrogen-bond acceptors (Lipinski definition) is 4. The van der Waals surface area contributed by atoms with Crippen LogP contribution in [0.3, 0.4) is 0 Å². The van der Waals surface area contributed by atoms with E-state index in [1.807, 2.05) is 48.5 Å². The standard InChI is InChI=1S/C20H12N4O/c21-11-13-4-3-6-17-20(13)22-12-24(17)23-14-8-9-16-15-5-1-2-7-18(15)25-19(16)10-14/h1-10,12,23H. The topological polar surface area (TPSA) is 66.8 Å². The minimum atomic E-state index is 0.561. The van der Waals surface area contributed by atoms with Crippen molar-refractivity contribution in [2.24, 2.45) is 0 Å². The van der Waals surface area contributed by atoms with Crippen LogP contribution in [0, 0.1) is 11.3 Å². The molecule has 2 heterocycles. The van der Waals surface area contributed by atoms with Crippen molar-refractivity contribution in [3.05, 3.63) is 72.6 Å². The summed E-state index contributed by atoms with van der Waals surface area (Å²) in [6, 6.07) is 21.7. The van der Waals surface area contributed by atoms with Gasteiger partial charge in [0, 0.05) is 16.8 Å². The normalized spacial score (nSPS) is 11.2. The highest BCUT2D eigenvalue weighted by molar-refractivity contribution is 6.05. The van der Waals surface area contributed by atoms with Crippen LogP contribution in [0.1, 0.15) is 5.56 Å². The number of nitriles is 1. The Hall–Kier alpha value is -3.78. The van der Waals surface area contributed by atoms with E-state index in [-0.39, 0.29) is 0 Å². The van der Waals surface area contributed by atoms with Gasteiger partial charge in [-0.1, -0.05) is 24.3 Å². The first-order valence-electron chi connectivity index (χ1n) is 7.88. The SMILES string of the molecule is N#Cc1cccc2c1ncn2Nc1ccc2c(c1)oc1ccccc12. The highest BCUT2D eigenvalue weighted by Gasteiger charge is 2.09. The van der Waals surface area contributed by atoms with Gasteiger partial charge < -0.3 is 4.42 Å². The molecule has 0 spiro atoms. The summed E-state index contributed by atoms with van der Waals surface area (Å²) >= 11 is 0. The number of hydrogen-bond donors (Lipinski definition) is 1. The van der Waals surface area contributed by atoms with E-state index < -0.39 is 0 Å². The summed E-state index contributed by atoms with van der Waals surface area (Å²) in [7, 11) is 0. The molecule has 0 saturated heterocycles. The molecule has 5 rings (SSSR count). The van der Waals surface area contributed by atoms with Gasteiger partial charge in [0.05, 0.1) is 16.8 Å². The van der Waals surface area contributed by atoms with E-state index in [1.54, 1.807) is 17.1 Å². The lowest BCUT2D eigenvalue weighted by atomic mass is 10.1. The molecule has 0 aliphatic carbocycles. The average Bonchev–Trinajstić information content (AvgIpc) is 3.22. The zero-order chi connectivity index (χ0) is 16.8. The Morgan fingerprint density at radius 1 is 0.960 bits per heavy atom. The van der Waals surface area contributed by atoms with Gasteiger partial charge in [0.1, 0.15) is 29.1 Å². The third kappa shape index (κ3) is 2.05. The molecule has 5 aromatic rings. The minimum absolute atomic E-state index is 0.561. The molecule has 1 N–H and O–H groups in total. The average molecular weight is 324 g/mol. The van der Waals surface area contributed by atoms with E-state index >= 15 is 0 Å². The molecular weight excluding hydrogens is 312 g/mol. The van der Waals surface area contributed by atoms with E-state index in [2.05, 4.69) is 22.5 Å². The van der Waals surface area contributed by atoms with Crippen LogP contribution in [0.15, 0.2) is 71.4 Å². The highest BCUT2D eigenvalue weighted by Crippen LogP contribution is 2.30. The van der Waals surface area contributed by atoms with Crippen molar-refractivity contribution in [3.8, 4) is 6.07 Å². The van der Waals surface area contributed by atoms with E-state index in [9.17, 15) is 5.26 Å². The molecule has 0 aliphatic rings. The third-order valence-electron chi connectivity index (χ3n) is 4.33. The van der Waals surface area contributed by atoms with Gasteiger partial charge in [0.15, 0.2) is 0 Å². The number of fused-ring (bicyclic) bond motifs is 4. The highest BCUT2D eigenvalue weighted by atomic mass is 16.3. The van der Waals surface area contributed by atoms with Crippen molar-refractivity contribution in [1.82, 2.24) is 9.66 Å². The summed E-state index contributed by atoms with van der Waals surface area (Å²) in [5, 5.41) is 11.4. The molecule has 0 atom stereocenters. The second-order valence-electron chi connectivity index (χ2n) is 5.82. The molecule has 118 valence electrons. The Labute approximate surface area is 142 Å². The molecule has 2 aromatic heterocycles. The van der Waals surface area contributed by atoms with Crippen molar-refractivity contribution in [3.63, 3.8) is 0 Å². The van der Waals surface area contributed by atoms with Crippen LogP contribution < -0.4 is 5.43 Å². The van der Waals surface area contributed by atoms with Gasteiger partial charge in [0.25, 0.3) is 0 Å². The second-order valence-corrected chi connectivity index (χ2v) is 5.82. The second kappa shape index (κ2) is 5.11. The number of para-hydroxylation sites is 2. The lowest BCUT2D eigenvalue weighted by Gasteiger charge is -2.08. The molecule has 25 heavy (non-hydrogen) atoms. The number of nitrogens with one attached hydrogen (secondary N) is 1. The molecule has 0 amide bonds. The Morgan fingerprint density at radius 3 is 2.76 bits per heavy atom. The van der Waals surface area contributed by atoms with Crippen LogP contribution in [-0.2, 0) is 0 Å². The van der Waals surface area contributed by atoms with Gasteiger partial charge in [-0.2, -0.15) is 5.26 Å². The van der Waals surface area contributed by atoms with Crippen LogP contribution in [-0.4, -0.2) is 9.66 Å². The van der Waals surface area contributed by atoms with Crippen molar-refractivity contribution in [2.75, 3.05) is 5.43 Å². The van der Waals surface area contributed by atoms with Crippen molar-refractivity contribution in [1.29, 1.82) is 5.26 Å².